The Labute approximate surface area is 99.1 Å². The normalized spacial score (nSPS) is 20.8. The summed E-state index contributed by atoms with van der Waals surface area (Å²) in [5, 5.41) is 3.60. The van der Waals surface area contributed by atoms with E-state index in [1.165, 1.54) is 0 Å². The minimum atomic E-state index is 0.0720. The lowest BCUT2D eigenvalue weighted by atomic mass is 10.3. The van der Waals surface area contributed by atoms with E-state index in [4.69, 9.17) is 21.1 Å². The van der Waals surface area contributed by atoms with E-state index in [2.05, 4.69) is 15.3 Å². The summed E-state index contributed by atoms with van der Waals surface area (Å²) in [7, 11) is 0. The summed E-state index contributed by atoms with van der Waals surface area (Å²) in [6.07, 6.45) is 0.0720. The smallest absolute Gasteiger partial charge is 0.134 e. The molecule has 1 aromatic heterocycles. The molecule has 0 aliphatic carbocycles. The number of nitrogens with zero attached hydrogens (tertiary/aromatic N) is 2. The molecule has 1 fully saturated rings. The summed E-state index contributed by atoms with van der Waals surface area (Å²) in [5.74, 6) is 1.36. The van der Waals surface area contributed by atoms with Gasteiger partial charge in [0.1, 0.15) is 16.8 Å². The van der Waals surface area contributed by atoms with E-state index in [1.807, 2.05) is 0 Å². The molecule has 0 amide bonds. The lowest BCUT2D eigenvalue weighted by Crippen LogP contribution is -2.34. The Hall–Kier alpha value is -0.910. The molecule has 1 unspecified atom stereocenters. The van der Waals surface area contributed by atoms with Gasteiger partial charge in [-0.25, -0.2) is 9.97 Å². The van der Waals surface area contributed by atoms with Crippen LogP contribution in [0.3, 0.4) is 0 Å². The largest absolute Gasteiger partial charge is 0.376 e. The molecule has 2 heterocycles. The highest BCUT2D eigenvalue weighted by atomic mass is 35.5. The van der Waals surface area contributed by atoms with Crippen molar-refractivity contribution in [2.45, 2.75) is 13.0 Å². The molecular weight excluding hydrogens is 230 g/mol. The Morgan fingerprint density at radius 3 is 3.06 bits per heavy atom. The number of aryl methyl sites for hydroxylation is 1. The molecule has 6 heteroatoms. The van der Waals surface area contributed by atoms with Crippen molar-refractivity contribution in [1.82, 2.24) is 9.97 Å². The second kappa shape index (κ2) is 5.43. The van der Waals surface area contributed by atoms with Crippen LogP contribution in [0, 0.1) is 6.92 Å². The maximum atomic E-state index is 5.82. The maximum absolute atomic E-state index is 5.82. The Kier molecular flexibility index (Phi) is 3.93. The van der Waals surface area contributed by atoms with Crippen LogP contribution in [0.15, 0.2) is 6.07 Å². The van der Waals surface area contributed by atoms with Gasteiger partial charge >= 0.3 is 0 Å². The van der Waals surface area contributed by atoms with E-state index in [0.29, 0.717) is 43.2 Å². The molecule has 88 valence electrons. The Morgan fingerprint density at radius 2 is 2.38 bits per heavy atom. The number of rotatable bonds is 3. The highest BCUT2D eigenvalue weighted by molar-refractivity contribution is 6.29. The van der Waals surface area contributed by atoms with Gasteiger partial charge < -0.3 is 14.8 Å². The van der Waals surface area contributed by atoms with E-state index in [-0.39, 0.29) is 6.10 Å². The van der Waals surface area contributed by atoms with Crippen molar-refractivity contribution in [3.63, 3.8) is 0 Å². The monoisotopic (exact) mass is 243 g/mol. The molecule has 0 bridgehead atoms. The molecule has 1 aliphatic rings. The molecular formula is C10H14ClN3O2. The van der Waals surface area contributed by atoms with E-state index in [9.17, 15) is 0 Å². The number of aromatic nitrogens is 2. The molecule has 0 spiro atoms. The number of halogens is 1. The van der Waals surface area contributed by atoms with Gasteiger partial charge in [0, 0.05) is 12.6 Å². The van der Waals surface area contributed by atoms with Crippen LogP contribution in [0.1, 0.15) is 5.82 Å². The SMILES string of the molecule is Cc1nc(Cl)cc(NCC2COCCO2)n1. The third kappa shape index (κ3) is 3.30. The zero-order chi connectivity index (χ0) is 11.4. The third-order valence-corrected chi connectivity index (χ3v) is 2.40. The fourth-order valence-corrected chi connectivity index (χ4v) is 1.72. The van der Waals surface area contributed by atoms with Crippen molar-refractivity contribution < 1.29 is 9.47 Å². The van der Waals surface area contributed by atoms with E-state index in [1.54, 1.807) is 13.0 Å². The topological polar surface area (TPSA) is 56.3 Å². The van der Waals surface area contributed by atoms with Crippen molar-refractivity contribution in [3.05, 3.63) is 17.0 Å². The number of nitrogens with one attached hydrogen (secondary N) is 1. The first-order valence-electron chi connectivity index (χ1n) is 5.18. The van der Waals surface area contributed by atoms with Crippen molar-refractivity contribution in [1.29, 1.82) is 0 Å². The molecule has 2 rings (SSSR count). The van der Waals surface area contributed by atoms with Crippen molar-refractivity contribution in [3.8, 4) is 0 Å². The Balaban J connectivity index is 1.88. The molecule has 1 atom stereocenters. The highest BCUT2D eigenvalue weighted by Crippen LogP contribution is 2.11. The Morgan fingerprint density at radius 1 is 1.50 bits per heavy atom. The van der Waals surface area contributed by atoms with Gasteiger partial charge in [-0.1, -0.05) is 11.6 Å². The first-order valence-corrected chi connectivity index (χ1v) is 5.56. The molecule has 0 aromatic carbocycles. The van der Waals surface area contributed by atoms with Gasteiger partial charge in [0.2, 0.25) is 0 Å². The van der Waals surface area contributed by atoms with Crippen molar-refractivity contribution in [2.75, 3.05) is 31.7 Å². The second-order valence-corrected chi connectivity index (χ2v) is 3.96. The molecule has 5 nitrogen and oxygen atoms in total. The van der Waals surface area contributed by atoms with Crippen LogP contribution < -0.4 is 5.32 Å². The lowest BCUT2D eigenvalue weighted by Gasteiger charge is -2.23. The number of anilines is 1. The number of hydrogen-bond donors (Lipinski definition) is 1. The standard InChI is InChI=1S/C10H14ClN3O2/c1-7-13-9(11)4-10(14-7)12-5-8-6-15-2-3-16-8/h4,8H,2-3,5-6H2,1H3,(H,12,13,14). The van der Waals surface area contributed by atoms with Gasteiger partial charge in [-0.05, 0) is 6.92 Å². The van der Waals surface area contributed by atoms with E-state index < -0.39 is 0 Å². The number of ether oxygens (including phenoxy) is 2. The molecule has 1 aliphatic heterocycles. The molecule has 1 saturated heterocycles. The summed E-state index contributed by atoms with van der Waals surface area (Å²) < 4.78 is 10.8. The quantitative estimate of drug-likeness (QED) is 0.811. The molecule has 16 heavy (non-hydrogen) atoms. The van der Waals surface area contributed by atoms with Crippen LogP contribution in [-0.2, 0) is 9.47 Å². The Bertz CT molecular complexity index is 336. The van der Waals surface area contributed by atoms with Crippen molar-refractivity contribution >= 4 is 17.4 Å². The zero-order valence-electron chi connectivity index (χ0n) is 9.07. The van der Waals surface area contributed by atoms with Crippen LogP contribution in [0.2, 0.25) is 5.15 Å². The summed E-state index contributed by atoms with van der Waals surface area (Å²) in [4.78, 5) is 8.20. The minimum Gasteiger partial charge on any atom is -0.376 e. The summed E-state index contributed by atoms with van der Waals surface area (Å²) in [5.41, 5.74) is 0. The fraction of sp³-hybridized carbons (Fsp3) is 0.600. The van der Waals surface area contributed by atoms with Crippen LogP contribution in [0.5, 0.6) is 0 Å². The number of hydrogen-bond acceptors (Lipinski definition) is 5. The minimum absolute atomic E-state index is 0.0720. The first-order chi connectivity index (χ1) is 7.74. The van der Waals surface area contributed by atoms with Crippen LogP contribution in [0.25, 0.3) is 0 Å². The van der Waals surface area contributed by atoms with E-state index in [0.717, 1.165) is 0 Å². The second-order valence-electron chi connectivity index (χ2n) is 3.57. The molecule has 1 N–H and O–H groups in total. The summed E-state index contributed by atoms with van der Waals surface area (Å²) >= 11 is 5.82. The molecule has 1 aromatic rings. The van der Waals surface area contributed by atoms with Crippen LogP contribution in [0.4, 0.5) is 5.82 Å². The third-order valence-electron chi connectivity index (χ3n) is 2.20. The van der Waals surface area contributed by atoms with Crippen LogP contribution >= 0.6 is 11.6 Å². The maximum Gasteiger partial charge on any atom is 0.134 e. The highest BCUT2D eigenvalue weighted by Gasteiger charge is 2.14. The average Bonchev–Trinajstić information content (AvgIpc) is 2.27. The van der Waals surface area contributed by atoms with Gasteiger partial charge in [-0.15, -0.1) is 0 Å². The van der Waals surface area contributed by atoms with Gasteiger partial charge in [0.15, 0.2) is 0 Å². The predicted molar refractivity (Wildman–Crippen MR) is 60.8 cm³/mol. The zero-order valence-corrected chi connectivity index (χ0v) is 9.83. The van der Waals surface area contributed by atoms with Crippen LogP contribution in [-0.4, -0.2) is 42.4 Å². The van der Waals surface area contributed by atoms with Gasteiger partial charge in [-0.3, -0.25) is 0 Å². The van der Waals surface area contributed by atoms with E-state index >= 15 is 0 Å². The molecule has 0 radical (unpaired) electrons. The first kappa shape index (κ1) is 11.6. The summed E-state index contributed by atoms with van der Waals surface area (Å²) in [6.45, 7) is 4.40. The molecule has 0 saturated carbocycles. The average molecular weight is 244 g/mol. The summed E-state index contributed by atoms with van der Waals surface area (Å²) in [6, 6.07) is 1.69. The van der Waals surface area contributed by atoms with Gasteiger partial charge in [-0.2, -0.15) is 0 Å². The van der Waals surface area contributed by atoms with Gasteiger partial charge in [0.25, 0.3) is 0 Å². The lowest BCUT2D eigenvalue weighted by molar-refractivity contribution is -0.0819. The predicted octanol–water partition coefficient (Wildman–Crippen LogP) is 1.27. The fourth-order valence-electron chi connectivity index (χ4n) is 1.49. The van der Waals surface area contributed by atoms with Crippen molar-refractivity contribution in [2.24, 2.45) is 0 Å². The van der Waals surface area contributed by atoms with Gasteiger partial charge in [0.05, 0.1) is 25.9 Å².